The Hall–Kier alpha value is -0.310. The Balaban J connectivity index is 1.86. The number of phosphoric acid groups is 1. The number of amides is 2. The first-order valence-corrected chi connectivity index (χ1v) is 19.3. The van der Waals surface area contributed by atoms with Crippen LogP contribution < -0.4 is 0 Å². The molecule has 41 heavy (non-hydrogen) atoms. The fraction of sp³-hybridized carbons (Fsp3) is 0.885. The number of ether oxygens (including phenoxy) is 2. The number of phosphoric ester groups is 1. The van der Waals surface area contributed by atoms with Gasteiger partial charge >= 0.3 is 7.82 Å². The number of thioether (sulfide) groups is 1. The van der Waals surface area contributed by atoms with E-state index in [9.17, 15) is 23.8 Å². The summed E-state index contributed by atoms with van der Waals surface area (Å²) < 4.78 is 35.4. The van der Waals surface area contributed by atoms with Gasteiger partial charge in [0.2, 0.25) is 11.8 Å². The van der Waals surface area contributed by atoms with E-state index in [2.05, 4.69) is 0 Å². The van der Waals surface area contributed by atoms with Gasteiger partial charge in [0.05, 0.1) is 49.7 Å². The van der Waals surface area contributed by atoms with Crippen LogP contribution in [0.15, 0.2) is 0 Å². The fourth-order valence-corrected chi connectivity index (χ4v) is 8.25. The van der Waals surface area contributed by atoms with E-state index in [-0.39, 0.29) is 54.4 Å². The van der Waals surface area contributed by atoms with Crippen molar-refractivity contribution in [3.63, 3.8) is 0 Å². The predicted octanol–water partition coefficient (Wildman–Crippen LogP) is 4.37. The molecule has 2 amide bonds. The van der Waals surface area contributed by atoms with Gasteiger partial charge < -0.3 is 24.2 Å². The molecule has 0 aliphatic carbocycles. The van der Waals surface area contributed by atoms with Gasteiger partial charge in [-0.05, 0) is 53.2 Å². The SMILES string of the molecule is CSC(=O)CCSSCCCC(=O)N1C[C@H](OP(=O)(O)OC[C@@H]2C[C@@H](OC(C)C)CN2C(C)=O)C[C@H]1COC(C)C. The average Bonchev–Trinajstić information content (AvgIpc) is 3.48. The molecule has 0 aromatic rings. The number of hydrogen-bond acceptors (Lipinski definition) is 11. The Morgan fingerprint density at radius 3 is 2.20 bits per heavy atom. The van der Waals surface area contributed by atoms with Gasteiger partial charge in [-0.1, -0.05) is 33.3 Å². The van der Waals surface area contributed by atoms with Crippen molar-refractivity contribution >= 4 is 58.1 Å². The van der Waals surface area contributed by atoms with Crippen molar-refractivity contribution in [3.05, 3.63) is 0 Å². The second kappa shape index (κ2) is 18.5. The standard InChI is InChI=1S/C26H47N2O9PS3/c1-18(2)34-16-21-13-24(15-28(21)25(30)8-7-10-40-41-11-9-26(31)39-6)37-38(32,33)35-17-22-12-23(36-19(3)4)14-27(22)20(5)29/h18-19,21-24H,7-17H2,1-6H3,(H,32,33)/t21-,22-,23+,24+/m0/s1. The van der Waals surface area contributed by atoms with Crippen LogP contribution >= 0.6 is 41.2 Å². The van der Waals surface area contributed by atoms with Crippen molar-refractivity contribution in [1.82, 2.24) is 9.80 Å². The summed E-state index contributed by atoms with van der Waals surface area (Å²) >= 11 is 1.24. The van der Waals surface area contributed by atoms with Crippen molar-refractivity contribution in [2.45, 2.75) is 103 Å². The molecule has 0 saturated carbocycles. The number of hydrogen-bond donors (Lipinski definition) is 1. The first-order chi connectivity index (χ1) is 19.3. The maximum atomic E-state index is 13.1. The molecule has 2 aliphatic rings. The van der Waals surface area contributed by atoms with Crippen LogP contribution in [0.4, 0.5) is 0 Å². The van der Waals surface area contributed by atoms with Crippen LogP contribution in [0.5, 0.6) is 0 Å². The van der Waals surface area contributed by atoms with E-state index in [1.54, 1.807) is 37.6 Å². The van der Waals surface area contributed by atoms with E-state index in [0.29, 0.717) is 45.3 Å². The average molecular weight is 659 g/mol. The van der Waals surface area contributed by atoms with E-state index >= 15 is 0 Å². The highest BCUT2D eigenvalue weighted by atomic mass is 33.1. The molecule has 0 bridgehead atoms. The predicted molar refractivity (Wildman–Crippen MR) is 165 cm³/mol. The smallest absolute Gasteiger partial charge is 0.377 e. The Labute approximate surface area is 256 Å². The van der Waals surface area contributed by atoms with Gasteiger partial charge in [0, 0.05) is 44.4 Å². The minimum atomic E-state index is -4.46. The molecule has 0 aromatic heterocycles. The second-order valence-corrected chi connectivity index (χ2v) is 15.7. The number of carbonyl (C=O) groups excluding carboxylic acids is 3. The largest absolute Gasteiger partial charge is 0.472 e. The summed E-state index contributed by atoms with van der Waals surface area (Å²) in [6, 6.07) is -0.664. The molecule has 5 atom stereocenters. The molecular formula is C26H47N2O9PS3. The zero-order valence-corrected chi connectivity index (χ0v) is 28.4. The van der Waals surface area contributed by atoms with E-state index in [4.69, 9.17) is 18.5 Å². The zero-order valence-electron chi connectivity index (χ0n) is 25.0. The van der Waals surface area contributed by atoms with Crippen LogP contribution in [0.1, 0.15) is 66.7 Å². The third-order valence-electron chi connectivity index (χ3n) is 6.59. The number of rotatable bonds is 18. The number of nitrogens with zero attached hydrogens (tertiary/aromatic N) is 2. The first-order valence-electron chi connectivity index (χ1n) is 14.1. The molecule has 1 N–H and O–H groups in total. The lowest BCUT2D eigenvalue weighted by Crippen LogP contribution is -2.39. The lowest BCUT2D eigenvalue weighted by molar-refractivity contribution is -0.133. The summed E-state index contributed by atoms with van der Waals surface area (Å²) in [6.45, 7) is 9.86. The van der Waals surface area contributed by atoms with Crippen molar-refractivity contribution in [2.24, 2.45) is 0 Å². The van der Waals surface area contributed by atoms with Crippen molar-refractivity contribution < 1.29 is 42.4 Å². The van der Waals surface area contributed by atoms with Crippen LogP contribution in [0.25, 0.3) is 0 Å². The number of carbonyl (C=O) groups is 3. The summed E-state index contributed by atoms with van der Waals surface area (Å²) in [7, 11) is -1.17. The summed E-state index contributed by atoms with van der Waals surface area (Å²) in [5, 5.41) is 0.174. The molecule has 0 aromatic carbocycles. The topological polar surface area (TPSA) is 132 Å². The highest BCUT2D eigenvalue weighted by molar-refractivity contribution is 8.76. The number of likely N-dealkylation sites (tertiary alicyclic amines) is 2. The van der Waals surface area contributed by atoms with Gasteiger partial charge in [0.15, 0.2) is 5.12 Å². The van der Waals surface area contributed by atoms with Crippen LogP contribution in [0.2, 0.25) is 0 Å². The van der Waals surface area contributed by atoms with Gasteiger partial charge in [-0.3, -0.25) is 23.4 Å². The lowest BCUT2D eigenvalue weighted by atomic mass is 10.2. The summed E-state index contributed by atoms with van der Waals surface area (Å²) in [5.41, 5.74) is 0. The minimum Gasteiger partial charge on any atom is -0.377 e. The quantitative estimate of drug-likeness (QED) is 0.127. The molecular weight excluding hydrogens is 611 g/mol. The molecule has 2 aliphatic heterocycles. The zero-order chi connectivity index (χ0) is 30.6. The second-order valence-electron chi connectivity index (χ2n) is 10.8. The van der Waals surface area contributed by atoms with E-state index < -0.39 is 20.0 Å². The van der Waals surface area contributed by atoms with Crippen LogP contribution in [0, 0.1) is 0 Å². The Bertz CT molecular complexity index is 898. The minimum absolute atomic E-state index is 0.000732. The third-order valence-corrected chi connectivity index (χ3v) is 10.8. The summed E-state index contributed by atoms with van der Waals surface area (Å²) in [6.07, 6.45) is 3.34. The molecule has 2 heterocycles. The highest BCUT2D eigenvalue weighted by Gasteiger charge is 2.41. The molecule has 0 spiro atoms. The molecule has 2 rings (SSSR count). The normalized spacial score (nSPS) is 24.4. The van der Waals surface area contributed by atoms with Crippen molar-refractivity contribution in [2.75, 3.05) is 44.1 Å². The molecule has 1 unspecified atom stereocenters. The maximum absolute atomic E-state index is 13.1. The summed E-state index contributed by atoms with van der Waals surface area (Å²) in [4.78, 5) is 50.3. The maximum Gasteiger partial charge on any atom is 0.472 e. The molecule has 2 saturated heterocycles. The van der Waals surface area contributed by atoms with Crippen LogP contribution in [-0.2, 0) is 37.5 Å². The van der Waals surface area contributed by atoms with E-state index in [1.165, 1.54) is 18.7 Å². The molecule has 238 valence electrons. The van der Waals surface area contributed by atoms with Gasteiger partial charge in [0.1, 0.15) is 0 Å². The van der Waals surface area contributed by atoms with E-state index in [1.807, 2.05) is 27.7 Å². The van der Waals surface area contributed by atoms with Gasteiger partial charge in [-0.2, -0.15) is 0 Å². The fourth-order valence-electron chi connectivity index (χ4n) is 4.79. The summed E-state index contributed by atoms with van der Waals surface area (Å²) in [5.74, 6) is 1.33. The Morgan fingerprint density at radius 1 is 0.927 bits per heavy atom. The third kappa shape index (κ3) is 13.9. The Kier molecular flexibility index (Phi) is 16.6. The molecule has 0 radical (unpaired) electrons. The highest BCUT2D eigenvalue weighted by Crippen LogP contribution is 2.47. The Morgan fingerprint density at radius 2 is 1.56 bits per heavy atom. The van der Waals surface area contributed by atoms with Gasteiger partial charge in [0.25, 0.3) is 0 Å². The molecule has 11 nitrogen and oxygen atoms in total. The lowest BCUT2D eigenvalue weighted by Gasteiger charge is -2.25. The van der Waals surface area contributed by atoms with Gasteiger partial charge in [-0.25, -0.2) is 4.57 Å². The van der Waals surface area contributed by atoms with Crippen molar-refractivity contribution in [1.29, 1.82) is 0 Å². The first kappa shape index (κ1) is 36.9. The monoisotopic (exact) mass is 658 g/mol. The molecule has 15 heteroatoms. The van der Waals surface area contributed by atoms with Crippen LogP contribution in [0.3, 0.4) is 0 Å². The van der Waals surface area contributed by atoms with E-state index in [0.717, 1.165) is 11.5 Å². The van der Waals surface area contributed by atoms with Crippen molar-refractivity contribution in [3.8, 4) is 0 Å². The molecule has 2 fully saturated rings. The van der Waals surface area contributed by atoms with Gasteiger partial charge in [-0.15, -0.1) is 0 Å². The van der Waals surface area contributed by atoms with Crippen LogP contribution in [-0.4, -0.2) is 112 Å².